The Kier molecular flexibility index (Phi) is 4.75. The summed E-state index contributed by atoms with van der Waals surface area (Å²) in [4.78, 5) is 15.1. The molecule has 0 spiro atoms. The number of thiophene rings is 1. The van der Waals surface area contributed by atoms with Crippen LogP contribution in [0.1, 0.15) is 22.5 Å². The van der Waals surface area contributed by atoms with Gasteiger partial charge in [0.2, 0.25) is 0 Å². The monoisotopic (exact) mass is 369 g/mol. The van der Waals surface area contributed by atoms with Crippen LogP contribution < -0.4 is 0 Å². The third kappa shape index (κ3) is 3.59. The van der Waals surface area contributed by atoms with E-state index < -0.39 is 9.84 Å². The molecule has 1 aromatic heterocycles. The second-order valence-electron chi connectivity index (χ2n) is 5.49. The van der Waals surface area contributed by atoms with E-state index >= 15 is 0 Å². The van der Waals surface area contributed by atoms with Gasteiger partial charge >= 0.3 is 0 Å². The highest BCUT2D eigenvalue weighted by molar-refractivity contribution is 7.91. The number of hydrogen-bond donors (Lipinski definition) is 0. The van der Waals surface area contributed by atoms with Crippen molar-refractivity contribution in [1.82, 2.24) is 4.90 Å². The molecule has 1 atom stereocenters. The smallest absolute Gasteiger partial charge is 0.264 e. The number of amides is 1. The Morgan fingerprint density at radius 1 is 1.22 bits per heavy atom. The Hall–Kier alpha value is -1.37. The summed E-state index contributed by atoms with van der Waals surface area (Å²) in [5, 5.41) is 0. The van der Waals surface area contributed by atoms with Crippen molar-refractivity contribution in [3.63, 3.8) is 0 Å². The van der Waals surface area contributed by atoms with Crippen LogP contribution in [0.15, 0.2) is 47.4 Å². The maximum Gasteiger partial charge on any atom is 0.264 e. The molecule has 3 rings (SSSR count). The third-order valence-electron chi connectivity index (χ3n) is 3.94. The molecule has 4 nitrogen and oxygen atoms in total. The molecule has 2 heterocycles. The molecule has 7 heteroatoms. The standard InChI is InChI=1S/C16H16ClNO3S2/c17-15-9-8-14(22-15)16(19)18-10-4-5-12(18)11-23(20,21)13-6-2-1-3-7-13/h1-3,6-9,12H,4-5,10-11H2. The van der Waals surface area contributed by atoms with Crippen molar-refractivity contribution in [2.75, 3.05) is 12.3 Å². The van der Waals surface area contributed by atoms with Gasteiger partial charge in [-0.1, -0.05) is 29.8 Å². The lowest BCUT2D eigenvalue weighted by atomic mass is 10.2. The SMILES string of the molecule is O=C(c1ccc(Cl)s1)N1CCCC1CS(=O)(=O)c1ccccc1. The van der Waals surface area contributed by atoms with Crippen LogP contribution in [0.3, 0.4) is 0 Å². The van der Waals surface area contributed by atoms with Crippen molar-refractivity contribution in [3.05, 3.63) is 51.7 Å². The Bertz CT molecular complexity index is 802. The van der Waals surface area contributed by atoms with E-state index in [2.05, 4.69) is 0 Å². The summed E-state index contributed by atoms with van der Waals surface area (Å²) < 4.78 is 25.6. The van der Waals surface area contributed by atoms with Crippen LogP contribution in [-0.4, -0.2) is 37.6 Å². The molecule has 1 saturated heterocycles. The maximum absolute atomic E-state index is 12.6. The summed E-state index contributed by atoms with van der Waals surface area (Å²) in [6.07, 6.45) is 1.52. The molecule has 2 aromatic rings. The Morgan fingerprint density at radius 2 is 1.96 bits per heavy atom. The molecule has 1 aliphatic heterocycles. The fourth-order valence-corrected chi connectivity index (χ4v) is 5.44. The molecular formula is C16H16ClNO3S2. The highest BCUT2D eigenvalue weighted by Crippen LogP contribution is 2.28. The molecule has 122 valence electrons. The van der Waals surface area contributed by atoms with Gasteiger partial charge in [0.1, 0.15) is 0 Å². The van der Waals surface area contributed by atoms with Crippen molar-refractivity contribution in [1.29, 1.82) is 0 Å². The fraction of sp³-hybridized carbons (Fsp3) is 0.312. The first kappa shape index (κ1) is 16.5. The first-order valence-electron chi connectivity index (χ1n) is 7.31. The minimum absolute atomic E-state index is 0.0398. The zero-order valence-corrected chi connectivity index (χ0v) is 14.7. The van der Waals surface area contributed by atoms with Gasteiger partial charge < -0.3 is 4.90 Å². The number of carbonyl (C=O) groups is 1. The highest BCUT2D eigenvalue weighted by atomic mass is 35.5. The summed E-state index contributed by atoms with van der Waals surface area (Å²) in [7, 11) is -3.40. The summed E-state index contributed by atoms with van der Waals surface area (Å²) in [5.41, 5.74) is 0. The van der Waals surface area contributed by atoms with Gasteiger partial charge in [-0.3, -0.25) is 4.79 Å². The summed E-state index contributed by atoms with van der Waals surface area (Å²) in [5.74, 6) is -0.172. The molecule has 1 amide bonds. The number of likely N-dealkylation sites (tertiary alicyclic amines) is 1. The molecule has 0 aliphatic carbocycles. The molecule has 1 unspecified atom stereocenters. The normalized spacial score (nSPS) is 18.3. The number of rotatable bonds is 4. The average Bonchev–Trinajstić information content (AvgIpc) is 3.16. The van der Waals surface area contributed by atoms with Crippen LogP contribution in [0.2, 0.25) is 4.34 Å². The van der Waals surface area contributed by atoms with Crippen molar-refractivity contribution >= 4 is 38.7 Å². The Balaban J connectivity index is 1.78. The van der Waals surface area contributed by atoms with Gasteiger partial charge in [-0.2, -0.15) is 0 Å². The van der Waals surface area contributed by atoms with Gasteiger partial charge in [-0.25, -0.2) is 8.42 Å². The summed E-state index contributed by atoms with van der Waals surface area (Å²) >= 11 is 7.11. The van der Waals surface area contributed by atoms with Gasteiger partial charge in [-0.05, 0) is 37.1 Å². The topological polar surface area (TPSA) is 54.5 Å². The van der Waals surface area contributed by atoms with Crippen LogP contribution in [0.5, 0.6) is 0 Å². The quantitative estimate of drug-likeness (QED) is 0.829. The molecule has 1 fully saturated rings. The van der Waals surface area contributed by atoms with Crippen LogP contribution in [-0.2, 0) is 9.84 Å². The summed E-state index contributed by atoms with van der Waals surface area (Å²) in [6.45, 7) is 0.587. The van der Waals surface area contributed by atoms with E-state index in [0.29, 0.717) is 27.1 Å². The minimum atomic E-state index is -3.40. The van der Waals surface area contributed by atoms with Crippen molar-refractivity contribution in [3.8, 4) is 0 Å². The van der Waals surface area contributed by atoms with E-state index in [1.165, 1.54) is 11.3 Å². The first-order chi connectivity index (χ1) is 11.0. The number of sulfone groups is 1. The van der Waals surface area contributed by atoms with Crippen molar-refractivity contribution in [2.24, 2.45) is 0 Å². The molecule has 23 heavy (non-hydrogen) atoms. The number of carbonyl (C=O) groups excluding carboxylic acids is 1. The van der Waals surface area contributed by atoms with Gasteiger partial charge in [-0.15, -0.1) is 11.3 Å². The van der Waals surface area contributed by atoms with Crippen LogP contribution in [0.4, 0.5) is 0 Å². The largest absolute Gasteiger partial charge is 0.334 e. The van der Waals surface area contributed by atoms with E-state index in [1.807, 2.05) is 0 Å². The van der Waals surface area contributed by atoms with Gasteiger partial charge in [0.05, 0.1) is 19.9 Å². The first-order valence-corrected chi connectivity index (χ1v) is 10.2. The van der Waals surface area contributed by atoms with Crippen molar-refractivity contribution in [2.45, 2.75) is 23.8 Å². The van der Waals surface area contributed by atoms with E-state index in [4.69, 9.17) is 11.6 Å². The lowest BCUT2D eigenvalue weighted by Crippen LogP contribution is -2.39. The molecule has 0 saturated carbocycles. The van der Waals surface area contributed by atoms with Gasteiger partial charge in [0.25, 0.3) is 5.91 Å². The van der Waals surface area contributed by atoms with E-state index in [0.717, 1.165) is 6.42 Å². The van der Waals surface area contributed by atoms with Gasteiger partial charge in [0.15, 0.2) is 9.84 Å². The zero-order valence-electron chi connectivity index (χ0n) is 12.3. The van der Waals surface area contributed by atoms with E-state index in [9.17, 15) is 13.2 Å². The van der Waals surface area contributed by atoms with Crippen molar-refractivity contribution < 1.29 is 13.2 Å². The highest BCUT2D eigenvalue weighted by Gasteiger charge is 2.33. The summed E-state index contributed by atoms with van der Waals surface area (Å²) in [6, 6.07) is 11.5. The van der Waals surface area contributed by atoms with Gasteiger partial charge in [0, 0.05) is 12.6 Å². The van der Waals surface area contributed by atoms with Crippen LogP contribution >= 0.6 is 22.9 Å². The zero-order chi connectivity index (χ0) is 16.4. The Morgan fingerprint density at radius 3 is 2.61 bits per heavy atom. The number of nitrogens with zero attached hydrogens (tertiary/aromatic N) is 1. The molecular weight excluding hydrogens is 354 g/mol. The van der Waals surface area contributed by atoms with E-state index in [1.54, 1.807) is 47.4 Å². The lowest BCUT2D eigenvalue weighted by Gasteiger charge is -2.24. The predicted octanol–water partition coefficient (Wildman–Crippen LogP) is 3.48. The molecule has 0 bridgehead atoms. The number of halogens is 1. The maximum atomic E-state index is 12.6. The molecule has 0 N–H and O–H groups in total. The van der Waals surface area contributed by atoms with Crippen LogP contribution in [0.25, 0.3) is 0 Å². The van der Waals surface area contributed by atoms with E-state index in [-0.39, 0.29) is 17.7 Å². The lowest BCUT2D eigenvalue weighted by molar-refractivity contribution is 0.0754. The molecule has 1 aromatic carbocycles. The Labute approximate surface area is 144 Å². The molecule has 0 radical (unpaired) electrons. The third-order valence-corrected chi connectivity index (χ3v) is 6.97. The predicted molar refractivity (Wildman–Crippen MR) is 91.9 cm³/mol. The number of hydrogen-bond acceptors (Lipinski definition) is 4. The average molecular weight is 370 g/mol. The van der Waals surface area contributed by atoms with Crippen LogP contribution in [0, 0.1) is 0 Å². The second kappa shape index (κ2) is 6.63. The number of benzene rings is 1. The second-order valence-corrected chi connectivity index (χ2v) is 9.24. The minimum Gasteiger partial charge on any atom is -0.334 e. The molecule has 1 aliphatic rings. The fourth-order valence-electron chi connectivity index (χ4n) is 2.82.